The van der Waals surface area contributed by atoms with Crippen LogP contribution in [0.1, 0.15) is 99.9 Å². The zero-order valence-electron chi connectivity index (χ0n) is 19.1. The van der Waals surface area contributed by atoms with Crippen molar-refractivity contribution in [3.63, 3.8) is 0 Å². The first-order chi connectivity index (χ1) is 15.7. The fourth-order valence-electron chi connectivity index (χ4n) is 6.24. The van der Waals surface area contributed by atoms with Gasteiger partial charge in [0, 0.05) is 11.1 Å². The van der Waals surface area contributed by atoms with Crippen LogP contribution in [0.3, 0.4) is 0 Å². The number of aromatic nitrogens is 2. The zero-order valence-corrected chi connectivity index (χ0v) is 19.9. The van der Waals surface area contributed by atoms with Crippen LogP contribution in [0.4, 0.5) is 0 Å². The van der Waals surface area contributed by atoms with Gasteiger partial charge >= 0.3 is 0 Å². The molecule has 0 radical (unpaired) electrons. The van der Waals surface area contributed by atoms with Gasteiger partial charge in [-0.05, 0) is 87.1 Å². The molecule has 0 bridgehead atoms. The highest BCUT2D eigenvalue weighted by atomic mass is 35.5. The van der Waals surface area contributed by atoms with Crippen molar-refractivity contribution in [2.75, 3.05) is 0 Å². The van der Waals surface area contributed by atoms with E-state index in [1.165, 1.54) is 68.3 Å². The van der Waals surface area contributed by atoms with Gasteiger partial charge in [0.2, 0.25) is 5.91 Å². The van der Waals surface area contributed by atoms with Crippen LogP contribution in [-0.4, -0.2) is 21.7 Å². The number of nitrogens with one attached hydrogen (secondary N) is 1. The molecule has 172 valence electrons. The largest absolute Gasteiger partial charge is 0.353 e. The molecular formula is C27H36ClN3O. The van der Waals surface area contributed by atoms with Gasteiger partial charge in [-0.15, -0.1) is 0 Å². The molecule has 0 aliphatic heterocycles. The first kappa shape index (κ1) is 22.0. The van der Waals surface area contributed by atoms with Crippen molar-refractivity contribution in [2.24, 2.45) is 5.92 Å². The van der Waals surface area contributed by atoms with Crippen LogP contribution in [-0.2, 0) is 17.6 Å². The van der Waals surface area contributed by atoms with Crippen LogP contribution in [0.5, 0.6) is 0 Å². The molecule has 1 atom stereocenters. The predicted octanol–water partition coefficient (Wildman–Crippen LogP) is 6.52. The van der Waals surface area contributed by atoms with Crippen LogP contribution in [0.25, 0.3) is 5.69 Å². The fraction of sp³-hybridized carbons (Fsp3) is 0.630. The molecule has 5 rings (SSSR count). The lowest BCUT2D eigenvalue weighted by molar-refractivity contribution is -0.125. The third-order valence-electron chi connectivity index (χ3n) is 7.92. The summed E-state index contributed by atoms with van der Waals surface area (Å²) in [5.74, 6) is 0.538. The summed E-state index contributed by atoms with van der Waals surface area (Å²) in [6.45, 7) is 0. The Kier molecular flexibility index (Phi) is 6.87. The molecule has 1 amide bonds. The van der Waals surface area contributed by atoms with Gasteiger partial charge in [-0.2, -0.15) is 5.10 Å². The molecule has 1 heterocycles. The number of aryl methyl sites for hydroxylation is 1. The standard InChI is InChI=1S/C27H36ClN3O/c28-20-15-17-22(18-16-20)31-26(23-13-7-8-14-24(23)30-31)25(19-9-3-1-4-10-19)27(32)29-21-11-5-2-6-12-21/h15-19,21,25H,1-14H2,(H,29,32). The molecular weight excluding hydrogens is 418 g/mol. The highest BCUT2D eigenvalue weighted by Crippen LogP contribution is 2.41. The maximum atomic E-state index is 14.0. The number of carbonyl (C=O) groups excluding carboxylic acids is 1. The Morgan fingerprint density at radius 1 is 0.906 bits per heavy atom. The van der Waals surface area contributed by atoms with Crippen LogP contribution < -0.4 is 5.32 Å². The zero-order chi connectivity index (χ0) is 21.9. The number of carbonyl (C=O) groups is 1. The maximum absolute atomic E-state index is 14.0. The van der Waals surface area contributed by atoms with Crippen molar-refractivity contribution in [3.8, 4) is 5.69 Å². The van der Waals surface area contributed by atoms with Gasteiger partial charge in [-0.1, -0.05) is 50.1 Å². The summed E-state index contributed by atoms with van der Waals surface area (Å²) in [6.07, 6.45) is 16.5. The second-order valence-corrected chi connectivity index (χ2v) is 10.6. The minimum absolute atomic E-state index is 0.109. The molecule has 3 aliphatic rings. The molecule has 4 nitrogen and oxygen atoms in total. The molecule has 2 fully saturated rings. The molecule has 5 heteroatoms. The van der Waals surface area contributed by atoms with E-state index in [1.54, 1.807) is 0 Å². The number of hydrogen-bond acceptors (Lipinski definition) is 2. The lowest BCUT2D eigenvalue weighted by atomic mass is 9.75. The molecule has 0 saturated heterocycles. The molecule has 0 spiro atoms. The summed E-state index contributed by atoms with van der Waals surface area (Å²) in [4.78, 5) is 14.0. The summed E-state index contributed by atoms with van der Waals surface area (Å²) in [7, 11) is 0. The smallest absolute Gasteiger partial charge is 0.229 e. The van der Waals surface area contributed by atoms with Crippen LogP contribution in [0, 0.1) is 5.92 Å². The topological polar surface area (TPSA) is 46.9 Å². The number of benzene rings is 1. The van der Waals surface area contributed by atoms with Crippen molar-refractivity contribution < 1.29 is 4.79 Å². The number of rotatable bonds is 5. The Hall–Kier alpha value is -1.81. The van der Waals surface area contributed by atoms with Crippen LogP contribution >= 0.6 is 11.6 Å². The highest BCUT2D eigenvalue weighted by Gasteiger charge is 2.38. The summed E-state index contributed by atoms with van der Waals surface area (Å²) in [5.41, 5.74) is 4.74. The van der Waals surface area contributed by atoms with Crippen molar-refractivity contribution in [2.45, 2.75) is 102 Å². The number of nitrogens with zero attached hydrogens (tertiary/aromatic N) is 2. The molecule has 2 aromatic rings. The first-order valence-corrected chi connectivity index (χ1v) is 13.3. The van der Waals surface area contributed by atoms with Crippen molar-refractivity contribution in [1.82, 2.24) is 15.1 Å². The van der Waals surface area contributed by atoms with Crippen molar-refractivity contribution in [3.05, 3.63) is 46.2 Å². The number of amides is 1. The van der Waals surface area contributed by atoms with E-state index in [9.17, 15) is 4.79 Å². The molecule has 32 heavy (non-hydrogen) atoms. The van der Waals surface area contributed by atoms with Crippen molar-refractivity contribution >= 4 is 17.5 Å². The highest BCUT2D eigenvalue weighted by molar-refractivity contribution is 6.30. The van der Waals surface area contributed by atoms with Gasteiger partial charge in [-0.3, -0.25) is 4.79 Å². The lowest BCUT2D eigenvalue weighted by Crippen LogP contribution is -2.42. The molecule has 2 saturated carbocycles. The Balaban J connectivity index is 1.57. The van der Waals surface area contributed by atoms with Gasteiger partial charge in [0.05, 0.1) is 23.0 Å². The molecule has 1 aromatic heterocycles. The summed E-state index contributed by atoms with van der Waals surface area (Å²) >= 11 is 6.19. The van der Waals surface area contributed by atoms with E-state index in [4.69, 9.17) is 16.7 Å². The molecule has 3 aliphatic carbocycles. The van der Waals surface area contributed by atoms with E-state index in [-0.39, 0.29) is 11.8 Å². The van der Waals surface area contributed by atoms with Gasteiger partial charge in [0.15, 0.2) is 0 Å². The normalized spacial score (nSPS) is 21.2. The summed E-state index contributed by atoms with van der Waals surface area (Å²) in [5, 5.41) is 9.32. The predicted molar refractivity (Wildman–Crippen MR) is 130 cm³/mol. The Bertz CT molecular complexity index is 923. The van der Waals surface area contributed by atoms with Gasteiger partial charge in [-0.25, -0.2) is 4.68 Å². The number of fused-ring (bicyclic) bond motifs is 1. The van der Waals surface area contributed by atoms with E-state index in [0.717, 1.165) is 49.2 Å². The Morgan fingerprint density at radius 3 is 2.28 bits per heavy atom. The van der Waals surface area contributed by atoms with Crippen LogP contribution in [0.15, 0.2) is 24.3 Å². The van der Waals surface area contributed by atoms with Crippen LogP contribution in [0.2, 0.25) is 5.02 Å². The van der Waals surface area contributed by atoms with E-state index in [1.807, 2.05) is 24.3 Å². The third-order valence-corrected chi connectivity index (χ3v) is 8.17. The second-order valence-electron chi connectivity index (χ2n) is 10.1. The van der Waals surface area contributed by atoms with E-state index >= 15 is 0 Å². The SMILES string of the molecule is O=C(NC1CCCCC1)C(c1c2c(nn1-c1ccc(Cl)cc1)CCCC2)C1CCCCC1. The first-order valence-electron chi connectivity index (χ1n) is 12.9. The van der Waals surface area contributed by atoms with E-state index < -0.39 is 0 Å². The Morgan fingerprint density at radius 2 is 1.56 bits per heavy atom. The van der Waals surface area contributed by atoms with Gasteiger partial charge in [0.25, 0.3) is 0 Å². The Labute approximate surface area is 197 Å². The molecule has 1 unspecified atom stereocenters. The average Bonchev–Trinajstić information content (AvgIpc) is 3.20. The van der Waals surface area contributed by atoms with Gasteiger partial charge in [0.1, 0.15) is 0 Å². The van der Waals surface area contributed by atoms with E-state index in [0.29, 0.717) is 12.0 Å². The molecule has 1 N–H and O–H groups in total. The minimum atomic E-state index is -0.109. The average molecular weight is 454 g/mol. The lowest BCUT2D eigenvalue weighted by Gasteiger charge is -2.33. The van der Waals surface area contributed by atoms with E-state index in [2.05, 4.69) is 10.00 Å². The van der Waals surface area contributed by atoms with Crippen molar-refractivity contribution in [1.29, 1.82) is 0 Å². The number of halogens is 1. The van der Waals surface area contributed by atoms with Gasteiger partial charge < -0.3 is 5.32 Å². The fourth-order valence-corrected chi connectivity index (χ4v) is 6.37. The summed E-state index contributed by atoms with van der Waals surface area (Å²) in [6, 6.07) is 8.28. The number of hydrogen-bond donors (Lipinski definition) is 1. The monoisotopic (exact) mass is 453 g/mol. The minimum Gasteiger partial charge on any atom is -0.353 e. The molecule has 1 aromatic carbocycles. The second kappa shape index (κ2) is 9.99. The summed E-state index contributed by atoms with van der Waals surface area (Å²) < 4.78 is 2.10. The quantitative estimate of drug-likeness (QED) is 0.560. The third kappa shape index (κ3) is 4.62. The maximum Gasteiger partial charge on any atom is 0.229 e.